The highest BCUT2D eigenvalue weighted by Crippen LogP contribution is 2.38. The van der Waals surface area contributed by atoms with Crippen molar-refractivity contribution in [3.63, 3.8) is 0 Å². The van der Waals surface area contributed by atoms with Gasteiger partial charge in [-0.05, 0) is 104 Å². The molecule has 2 aromatic carbocycles. The maximum absolute atomic E-state index is 12.8. The van der Waals surface area contributed by atoms with Gasteiger partial charge in [-0.25, -0.2) is 0 Å². The maximum Gasteiger partial charge on any atom is 0.294 e. The Labute approximate surface area is 223 Å². The minimum absolute atomic E-state index is 0.184. The summed E-state index contributed by atoms with van der Waals surface area (Å²) in [5, 5.41) is 0.235. The Bertz CT molecular complexity index is 1130. The van der Waals surface area contributed by atoms with Crippen molar-refractivity contribution < 1.29 is 19.1 Å². The van der Waals surface area contributed by atoms with Crippen molar-refractivity contribution in [2.24, 2.45) is 0 Å². The second kappa shape index (κ2) is 11.3. The van der Waals surface area contributed by atoms with Crippen LogP contribution in [0.3, 0.4) is 0 Å². The second-order valence-electron chi connectivity index (χ2n) is 7.94. The number of carbonyl (C=O) groups excluding carboxylic acids is 3. The fourth-order valence-electron chi connectivity index (χ4n) is 3.70. The Kier molecular flexibility index (Phi) is 8.39. The number of thioether (sulfide) groups is 1. The predicted octanol–water partition coefficient (Wildman–Crippen LogP) is 6.49. The molecule has 4 rings (SSSR count). The van der Waals surface area contributed by atoms with Gasteiger partial charge in [-0.2, -0.15) is 0 Å². The van der Waals surface area contributed by atoms with Crippen LogP contribution in [0, 0.1) is 0 Å². The summed E-state index contributed by atoms with van der Waals surface area (Å²) in [6, 6.07) is 11.0. The molecule has 0 radical (unpaired) electrons. The molecule has 3 amide bonds. The van der Waals surface area contributed by atoms with Crippen LogP contribution in [0.2, 0.25) is 5.02 Å². The summed E-state index contributed by atoms with van der Waals surface area (Å²) in [6.07, 6.45) is 4.66. The van der Waals surface area contributed by atoms with E-state index in [1.54, 1.807) is 23.1 Å². The SMILES string of the molecule is O=C(CN1C(=O)S/C(=C/c2cc(Br)c(OCc3ccc(Cl)cc3)c(Br)c2)C1=O)N1CCCCC1. The van der Waals surface area contributed by atoms with Gasteiger partial charge in [-0.15, -0.1) is 0 Å². The van der Waals surface area contributed by atoms with Crippen LogP contribution < -0.4 is 4.74 Å². The first-order valence-electron chi connectivity index (χ1n) is 10.7. The van der Waals surface area contributed by atoms with Crippen LogP contribution in [-0.4, -0.2) is 46.5 Å². The van der Waals surface area contributed by atoms with Crippen LogP contribution in [0.25, 0.3) is 6.08 Å². The lowest BCUT2D eigenvalue weighted by molar-refractivity contribution is -0.136. The molecule has 0 atom stereocenters. The van der Waals surface area contributed by atoms with E-state index in [1.165, 1.54) is 0 Å². The van der Waals surface area contributed by atoms with Crippen molar-refractivity contribution in [1.29, 1.82) is 0 Å². The lowest BCUT2D eigenvalue weighted by Gasteiger charge is -2.27. The number of nitrogens with zero attached hydrogens (tertiary/aromatic N) is 2. The molecule has 6 nitrogen and oxygen atoms in total. The summed E-state index contributed by atoms with van der Waals surface area (Å²) in [5.74, 6) is -0.0149. The van der Waals surface area contributed by atoms with Crippen LogP contribution in [0.15, 0.2) is 50.2 Å². The van der Waals surface area contributed by atoms with Crippen molar-refractivity contribution in [1.82, 2.24) is 9.80 Å². The van der Waals surface area contributed by atoms with E-state index >= 15 is 0 Å². The molecule has 0 N–H and O–H groups in total. The van der Waals surface area contributed by atoms with Crippen molar-refractivity contribution in [3.05, 3.63) is 66.4 Å². The molecule has 0 aromatic heterocycles. The topological polar surface area (TPSA) is 66.9 Å². The number of halogens is 3. The average molecular weight is 629 g/mol. The van der Waals surface area contributed by atoms with Gasteiger partial charge in [0.05, 0.1) is 13.9 Å². The van der Waals surface area contributed by atoms with Crippen LogP contribution in [-0.2, 0) is 16.2 Å². The predicted molar refractivity (Wildman–Crippen MR) is 141 cm³/mol. The second-order valence-corrected chi connectivity index (χ2v) is 11.1. The summed E-state index contributed by atoms with van der Waals surface area (Å²) in [4.78, 5) is 40.9. The molecule has 0 aliphatic carbocycles. The summed E-state index contributed by atoms with van der Waals surface area (Å²) < 4.78 is 7.33. The van der Waals surface area contributed by atoms with E-state index in [-0.39, 0.29) is 17.4 Å². The van der Waals surface area contributed by atoms with E-state index in [2.05, 4.69) is 31.9 Å². The molecule has 2 heterocycles. The highest BCUT2D eigenvalue weighted by Gasteiger charge is 2.37. The lowest BCUT2D eigenvalue weighted by Crippen LogP contribution is -2.44. The molecule has 2 fully saturated rings. The Morgan fingerprint density at radius 2 is 1.71 bits per heavy atom. The van der Waals surface area contributed by atoms with E-state index < -0.39 is 11.1 Å². The van der Waals surface area contributed by atoms with Crippen molar-refractivity contribution >= 4 is 78.4 Å². The number of hydrogen-bond acceptors (Lipinski definition) is 5. The number of amides is 3. The number of imide groups is 1. The van der Waals surface area contributed by atoms with Crippen LogP contribution in [0.4, 0.5) is 4.79 Å². The third-order valence-electron chi connectivity index (χ3n) is 5.49. The highest BCUT2D eigenvalue weighted by molar-refractivity contribution is 9.11. The molecule has 34 heavy (non-hydrogen) atoms. The Morgan fingerprint density at radius 3 is 2.35 bits per heavy atom. The summed E-state index contributed by atoms with van der Waals surface area (Å²) in [6.45, 7) is 1.50. The third-order valence-corrected chi connectivity index (χ3v) is 7.83. The fourth-order valence-corrected chi connectivity index (χ4v) is 6.12. The molecule has 178 valence electrons. The van der Waals surface area contributed by atoms with Crippen LogP contribution in [0.5, 0.6) is 5.75 Å². The maximum atomic E-state index is 12.8. The number of benzene rings is 2. The fraction of sp³-hybridized carbons (Fsp3) is 0.292. The first kappa shape index (κ1) is 25.3. The normalized spacial score (nSPS) is 17.6. The lowest BCUT2D eigenvalue weighted by atomic mass is 10.1. The van der Waals surface area contributed by atoms with Gasteiger partial charge in [0.2, 0.25) is 5.91 Å². The third kappa shape index (κ3) is 6.05. The molecule has 2 aliphatic heterocycles. The molecule has 2 saturated heterocycles. The Balaban J connectivity index is 1.44. The number of carbonyl (C=O) groups is 3. The van der Waals surface area contributed by atoms with E-state index in [0.717, 1.165) is 41.5 Å². The largest absolute Gasteiger partial charge is 0.487 e. The molecule has 0 spiro atoms. The minimum atomic E-state index is -0.448. The van der Waals surface area contributed by atoms with E-state index in [9.17, 15) is 14.4 Å². The first-order chi connectivity index (χ1) is 16.3. The van der Waals surface area contributed by atoms with Crippen molar-refractivity contribution in [2.75, 3.05) is 19.6 Å². The van der Waals surface area contributed by atoms with Gasteiger partial charge in [0.1, 0.15) is 18.9 Å². The number of hydrogen-bond donors (Lipinski definition) is 0. The quantitative estimate of drug-likeness (QED) is 0.342. The zero-order valence-electron chi connectivity index (χ0n) is 18.1. The molecule has 2 aliphatic rings. The number of rotatable bonds is 6. The monoisotopic (exact) mass is 626 g/mol. The first-order valence-corrected chi connectivity index (χ1v) is 13.5. The van der Waals surface area contributed by atoms with Gasteiger partial charge < -0.3 is 9.64 Å². The van der Waals surface area contributed by atoms with Crippen LogP contribution in [0.1, 0.15) is 30.4 Å². The van der Waals surface area contributed by atoms with E-state index in [4.69, 9.17) is 16.3 Å². The van der Waals surface area contributed by atoms with Crippen molar-refractivity contribution in [2.45, 2.75) is 25.9 Å². The molecule has 0 saturated carbocycles. The number of piperidine rings is 1. The molecule has 0 unspecified atom stereocenters. The molecule has 0 bridgehead atoms. The van der Waals surface area contributed by atoms with Gasteiger partial charge in [0, 0.05) is 18.1 Å². The smallest absolute Gasteiger partial charge is 0.294 e. The number of ether oxygens (including phenoxy) is 1. The molecular weight excluding hydrogens is 608 g/mol. The molecule has 2 aromatic rings. The minimum Gasteiger partial charge on any atom is -0.487 e. The summed E-state index contributed by atoms with van der Waals surface area (Å²) >= 11 is 13.8. The van der Waals surface area contributed by atoms with Gasteiger partial charge in [0.15, 0.2) is 0 Å². The zero-order valence-corrected chi connectivity index (χ0v) is 22.8. The van der Waals surface area contributed by atoms with E-state index in [0.29, 0.717) is 45.0 Å². The standard InChI is InChI=1S/C24H21Br2ClN2O4S/c25-18-10-16(11-19(26)22(18)33-14-15-4-6-17(27)7-5-15)12-20-23(31)29(24(32)34-20)13-21(30)28-8-2-1-3-9-28/h4-7,10-12H,1-3,8-9,13-14H2/b20-12+. The van der Waals surface area contributed by atoms with Gasteiger partial charge in [0.25, 0.3) is 11.1 Å². The van der Waals surface area contributed by atoms with E-state index in [1.807, 2.05) is 24.3 Å². The zero-order chi connectivity index (χ0) is 24.2. The summed E-state index contributed by atoms with van der Waals surface area (Å²) in [7, 11) is 0. The Hall–Kier alpha value is -1.81. The van der Waals surface area contributed by atoms with Gasteiger partial charge in [-0.1, -0.05) is 23.7 Å². The molecule has 10 heteroatoms. The highest BCUT2D eigenvalue weighted by atomic mass is 79.9. The van der Waals surface area contributed by atoms with Gasteiger partial charge >= 0.3 is 0 Å². The molecular formula is C24H21Br2ClN2O4S. The Morgan fingerprint density at radius 1 is 1.06 bits per heavy atom. The average Bonchev–Trinajstić information content (AvgIpc) is 3.07. The van der Waals surface area contributed by atoms with Crippen molar-refractivity contribution in [3.8, 4) is 5.75 Å². The summed E-state index contributed by atoms with van der Waals surface area (Å²) in [5.41, 5.74) is 1.69. The number of likely N-dealkylation sites (tertiary alicyclic amines) is 1. The van der Waals surface area contributed by atoms with Gasteiger partial charge in [-0.3, -0.25) is 19.3 Å². The van der Waals surface area contributed by atoms with Crippen LogP contribution >= 0.6 is 55.2 Å².